The van der Waals surface area contributed by atoms with E-state index in [0.29, 0.717) is 5.41 Å². The topological polar surface area (TPSA) is 24.9 Å². The molecule has 0 radical (unpaired) electrons. The monoisotopic (exact) mass is 196 g/mol. The van der Waals surface area contributed by atoms with Crippen molar-refractivity contribution in [2.75, 3.05) is 11.9 Å². The van der Waals surface area contributed by atoms with Crippen molar-refractivity contribution in [3.8, 4) is 0 Å². The Kier molecular flexibility index (Phi) is 2.28. The molecule has 1 fully saturated rings. The van der Waals surface area contributed by atoms with Gasteiger partial charge in [0.05, 0.1) is 5.69 Å². The number of aryl methyl sites for hydroxylation is 1. The second kappa shape index (κ2) is 3.29. The van der Waals surface area contributed by atoms with Crippen molar-refractivity contribution in [2.24, 2.45) is 5.41 Å². The quantitative estimate of drug-likeness (QED) is 0.801. The van der Waals surface area contributed by atoms with Crippen LogP contribution < -0.4 is 5.32 Å². The lowest BCUT2D eigenvalue weighted by Gasteiger charge is -2.07. The summed E-state index contributed by atoms with van der Waals surface area (Å²) in [7, 11) is 0. The van der Waals surface area contributed by atoms with Crippen molar-refractivity contribution < 1.29 is 0 Å². The van der Waals surface area contributed by atoms with E-state index in [1.807, 2.05) is 0 Å². The third kappa shape index (κ3) is 2.21. The second-order valence-corrected chi connectivity index (χ2v) is 5.02. The van der Waals surface area contributed by atoms with Gasteiger partial charge >= 0.3 is 0 Å². The lowest BCUT2D eigenvalue weighted by Crippen LogP contribution is -2.11. The fourth-order valence-corrected chi connectivity index (χ4v) is 2.02. The lowest BCUT2D eigenvalue weighted by atomic mass is 10.1. The van der Waals surface area contributed by atoms with Gasteiger partial charge in [-0.3, -0.25) is 0 Å². The normalized spacial score (nSPS) is 18.6. The van der Waals surface area contributed by atoms with E-state index in [1.54, 1.807) is 11.3 Å². The van der Waals surface area contributed by atoms with Crippen molar-refractivity contribution in [2.45, 2.75) is 33.1 Å². The summed E-state index contributed by atoms with van der Waals surface area (Å²) in [6, 6.07) is 0. The average molecular weight is 196 g/mol. The van der Waals surface area contributed by atoms with Crippen molar-refractivity contribution in [3.05, 3.63) is 11.1 Å². The molecule has 0 unspecified atom stereocenters. The van der Waals surface area contributed by atoms with Gasteiger partial charge in [0.2, 0.25) is 0 Å². The molecule has 0 atom stereocenters. The van der Waals surface area contributed by atoms with Crippen LogP contribution in [0.15, 0.2) is 5.38 Å². The van der Waals surface area contributed by atoms with Crippen LogP contribution >= 0.6 is 11.3 Å². The molecule has 2 rings (SSSR count). The number of hydrogen-bond donors (Lipinski definition) is 1. The number of rotatable bonds is 4. The number of thiazole rings is 1. The average Bonchev–Trinajstić information content (AvgIpc) is 2.69. The smallest absolute Gasteiger partial charge is 0.182 e. The Balaban J connectivity index is 1.87. The van der Waals surface area contributed by atoms with E-state index in [-0.39, 0.29) is 0 Å². The summed E-state index contributed by atoms with van der Waals surface area (Å²) in [5, 5.41) is 6.63. The maximum Gasteiger partial charge on any atom is 0.182 e. The largest absolute Gasteiger partial charge is 0.361 e. The molecular weight excluding hydrogens is 180 g/mol. The minimum atomic E-state index is 0.568. The first kappa shape index (κ1) is 9.00. The Morgan fingerprint density at radius 2 is 2.38 bits per heavy atom. The highest BCUT2D eigenvalue weighted by molar-refractivity contribution is 7.13. The molecule has 1 aliphatic carbocycles. The molecule has 13 heavy (non-hydrogen) atoms. The molecule has 1 heterocycles. The fraction of sp³-hybridized carbons (Fsp3) is 0.700. The van der Waals surface area contributed by atoms with E-state index < -0.39 is 0 Å². The molecule has 0 aromatic carbocycles. The van der Waals surface area contributed by atoms with Crippen LogP contribution in [0.2, 0.25) is 0 Å². The molecule has 1 N–H and O–H groups in total. The summed E-state index contributed by atoms with van der Waals surface area (Å²) in [5.74, 6) is 0. The van der Waals surface area contributed by atoms with Crippen LogP contribution in [0.4, 0.5) is 5.13 Å². The summed E-state index contributed by atoms with van der Waals surface area (Å²) < 4.78 is 0. The van der Waals surface area contributed by atoms with Gasteiger partial charge < -0.3 is 5.32 Å². The first-order valence-corrected chi connectivity index (χ1v) is 5.78. The van der Waals surface area contributed by atoms with Gasteiger partial charge in [-0.05, 0) is 24.7 Å². The number of nitrogens with one attached hydrogen (secondary N) is 1. The van der Waals surface area contributed by atoms with E-state index in [1.165, 1.54) is 18.5 Å². The molecule has 0 spiro atoms. The number of hydrogen-bond acceptors (Lipinski definition) is 3. The van der Waals surface area contributed by atoms with Gasteiger partial charge in [0, 0.05) is 11.9 Å². The third-order valence-electron chi connectivity index (χ3n) is 2.68. The Labute approximate surface area is 83.4 Å². The predicted octanol–water partition coefficient (Wildman–Crippen LogP) is 2.92. The molecule has 3 heteroatoms. The maximum absolute atomic E-state index is 4.47. The zero-order valence-corrected chi connectivity index (χ0v) is 9.08. The van der Waals surface area contributed by atoms with Crippen molar-refractivity contribution in [3.63, 3.8) is 0 Å². The summed E-state index contributed by atoms with van der Waals surface area (Å²) in [6.07, 6.45) is 3.77. The van der Waals surface area contributed by atoms with Crippen molar-refractivity contribution >= 4 is 16.5 Å². The van der Waals surface area contributed by atoms with Gasteiger partial charge in [0.1, 0.15) is 0 Å². The minimum absolute atomic E-state index is 0.568. The van der Waals surface area contributed by atoms with Gasteiger partial charge in [-0.2, -0.15) is 0 Å². The lowest BCUT2D eigenvalue weighted by molar-refractivity contribution is 0.610. The van der Waals surface area contributed by atoms with Crippen LogP contribution in [-0.4, -0.2) is 11.5 Å². The first-order valence-electron chi connectivity index (χ1n) is 4.90. The SMILES string of the molecule is CCc1csc(NCC2(C)CC2)n1. The minimum Gasteiger partial charge on any atom is -0.361 e. The van der Waals surface area contributed by atoms with Gasteiger partial charge in [0.25, 0.3) is 0 Å². The Morgan fingerprint density at radius 3 is 2.92 bits per heavy atom. The molecule has 1 aromatic heterocycles. The number of nitrogens with zero attached hydrogens (tertiary/aromatic N) is 1. The predicted molar refractivity (Wildman–Crippen MR) is 57.3 cm³/mol. The summed E-state index contributed by atoms with van der Waals surface area (Å²) in [5.41, 5.74) is 1.77. The number of aromatic nitrogens is 1. The van der Waals surface area contributed by atoms with Crippen molar-refractivity contribution in [1.82, 2.24) is 4.98 Å². The van der Waals surface area contributed by atoms with Gasteiger partial charge in [0.15, 0.2) is 5.13 Å². The molecular formula is C10H16N2S. The van der Waals surface area contributed by atoms with Crippen LogP contribution in [0.1, 0.15) is 32.4 Å². The van der Waals surface area contributed by atoms with Gasteiger partial charge in [-0.25, -0.2) is 4.98 Å². The standard InChI is InChI=1S/C10H16N2S/c1-3-8-6-13-9(12-8)11-7-10(2)4-5-10/h6H,3-5,7H2,1-2H3,(H,11,12). The van der Waals surface area contributed by atoms with Gasteiger partial charge in [-0.1, -0.05) is 13.8 Å². The van der Waals surface area contributed by atoms with E-state index in [9.17, 15) is 0 Å². The summed E-state index contributed by atoms with van der Waals surface area (Å²) in [4.78, 5) is 4.47. The molecule has 72 valence electrons. The highest BCUT2D eigenvalue weighted by atomic mass is 32.1. The molecule has 1 saturated carbocycles. The maximum atomic E-state index is 4.47. The Bertz CT molecular complexity index is 289. The fourth-order valence-electron chi connectivity index (χ4n) is 1.23. The zero-order valence-electron chi connectivity index (χ0n) is 8.26. The van der Waals surface area contributed by atoms with Crippen molar-refractivity contribution in [1.29, 1.82) is 0 Å². The van der Waals surface area contributed by atoms with E-state index in [2.05, 4.69) is 29.5 Å². The van der Waals surface area contributed by atoms with E-state index in [4.69, 9.17) is 0 Å². The first-order chi connectivity index (χ1) is 6.22. The second-order valence-electron chi connectivity index (χ2n) is 4.16. The van der Waals surface area contributed by atoms with E-state index in [0.717, 1.165) is 18.1 Å². The van der Waals surface area contributed by atoms with Crippen LogP contribution in [-0.2, 0) is 6.42 Å². The summed E-state index contributed by atoms with van der Waals surface area (Å²) in [6.45, 7) is 5.55. The molecule has 1 aliphatic rings. The summed E-state index contributed by atoms with van der Waals surface area (Å²) >= 11 is 1.72. The molecule has 2 nitrogen and oxygen atoms in total. The Hall–Kier alpha value is -0.570. The third-order valence-corrected chi connectivity index (χ3v) is 3.53. The van der Waals surface area contributed by atoms with E-state index >= 15 is 0 Å². The highest BCUT2D eigenvalue weighted by Crippen LogP contribution is 2.44. The van der Waals surface area contributed by atoms with Crippen LogP contribution in [0.3, 0.4) is 0 Å². The Morgan fingerprint density at radius 1 is 1.62 bits per heavy atom. The molecule has 1 aromatic rings. The van der Waals surface area contributed by atoms with Gasteiger partial charge in [-0.15, -0.1) is 11.3 Å². The van der Waals surface area contributed by atoms with Crippen LogP contribution in [0, 0.1) is 5.41 Å². The number of anilines is 1. The van der Waals surface area contributed by atoms with Crippen LogP contribution in [0.5, 0.6) is 0 Å². The molecule has 0 aliphatic heterocycles. The highest BCUT2D eigenvalue weighted by Gasteiger charge is 2.36. The van der Waals surface area contributed by atoms with Crippen LogP contribution in [0.25, 0.3) is 0 Å². The molecule has 0 amide bonds. The molecule has 0 saturated heterocycles. The molecule has 0 bridgehead atoms. The zero-order chi connectivity index (χ0) is 9.31.